The molecule has 0 amide bonds. The number of benzene rings is 2. The van der Waals surface area contributed by atoms with E-state index >= 15 is 0 Å². The molecule has 0 fully saturated rings. The second kappa shape index (κ2) is 9.09. The number of nitrogens with one attached hydrogen (secondary N) is 1. The third-order valence-electron chi connectivity index (χ3n) is 4.25. The van der Waals surface area contributed by atoms with Crippen LogP contribution in [0.3, 0.4) is 0 Å². The van der Waals surface area contributed by atoms with Crippen LogP contribution in [0.15, 0.2) is 59.0 Å². The summed E-state index contributed by atoms with van der Waals surface area (Å²) in [6.45, 7) is 6.22. The predicted molar refractivity (Wildman–Crippen MR) is 115 cm³/mol. The molecule has 1 aromatic heterocycles. The molecule has 3 aromatic rings. The maximum absolute atomic E-state index is 10.9. The molecule has 0 aliphatic carbocycles. The number of nitrogens with zero attached hydrogens (tertiary/aromatic N) is 4. The number of hydrazone groups is 1. The first-order chi connectivity index (χ1) is 13.6. The summed E-state index contributed by atoms with van der Waals surface area (Å²) in [7, 11) is 0. The SMILES string of the molecule is CCN(CC)c1ccc(/C=N\Nc2nc(-c3cccc([N+](=O)[O-])c3)cs2)cc1. The molecule has 0 saturated heterocycles. The molecule has 0 radical (unpaired) electrons. The molecule has 0 bridgehead atoms. The highest BCUT2D eigenvalue weighted by Gasteiger charge is 2.09. The Kier molecular flexibility index (Phi) is 6.33. The number of nitro benzene ring substituents is 1. The van der Waals surface area contributed by atoms with Gasteiger partial charge in [-0.25, -0.2) is 4.98 Å². The van der Waals surface area contributed by atoms with Gasteiger partial charge in [0.25, 0.3) is 5.69 Å². The van der Waals surface area contributed by atoms with Crippen LogP contribution in [0.5, 0.6) is 0 Å². The van der Waals surface area contributed by atoms with Gasteiger partial charge in [-0.2, -0.15) is 5.10 Å². The van der Waals surface area contributed by atoms with Crippen molar-refractivity contribution in [2.24, 2.45) is 5.10 Å². The van der Waals surface area contributed by atoms with Gasteiger partial charge in [-0.3, -0.25) is 15.5 Å². The highest BCUT2D eigenvalue weighted by Crippen LogP contribution is 2.27. The molecule has 0 atom stereocenters. The molecule has 0 saturated carbocycles. The second-order valence-electron chi connectivity index (χ2n) is 5.98. The number of non-ortho nitro benzene ring substituents is 1. The smallest absolute Gasteiger partial charge is 0.270 e. The van der Waals surface area contributed by atoms with Crippen LogP contribution >= 0.6 is 11.3 Å². The predicted octanol–water partition coefficient (Wildman–Crippen LogP) is 5.01. The number of nitro groups is 1. The van der Waals surface area contributed by atoms with E-state index in [0.717, 1.165) is 18.7 Å². The summed E-state index contributed by atoms with van der Waals surface area (Å²) in [5.74, 6) is 0. The summed E-state index contributed by atoms with van der Waals surface area (Å²) >= 11 is 1.39. The minimum absolute atomic E-state index is 0.0474. The van der Waals surface area contributed by atoms with Gasteiger partial charge in [0, 0.05) is 41.9 Å². The fourth-order valence-electron chi connectivity index (χ4n) is 2.76. The van der Waals surface area contributed by atoms with Crippen molar-refractivity contribution in [2.75, 3.05) is 23.4 Å². The van der Waals surface area contributed by atoms with E-state index in [1.54, 1.807) is 18.3 Å². The molecular weight excluding hydrogens is 374 g/mol. The zero-order valence-corrected chi connectivity index (χ0v) is 16.5. The molecular formula is C20H21N5O2S. The molecule has 144 valence electrons. The number of anilines is 2. The van der Waals surface area contributed by atoms with E-state index in [2.05, 4.69) is 46.4 Å². The number of aromatic nitrogens is 1. The Hall–Kier alpha value is -3.26. The molecule has 8 heteroatoms. The Morgan fingerprint density at radius 2 is 1.96 bits per heavy atom. The lowest BCUT2D eigenvalue weighted by atomic mass is 10.1. The van der Waals surface area contributed by atoms with Crippen LogP contribution in [-0.4, -0.2) is 29.2 Å². The van der Waals surface area contributed by atoms with Gasteiger partial charge in [-0.05, 0) is 31.5 Å². The van der Waals surface area contributed by atoms with Gasteiger partial charge >= 0.3 is 0 Å². The van der Waals surface area contributed by atoms with Gasteiger partial charge < -0.3 is 4.90 Å². The quantitative estimate of drug-likeness (QED) is 0.329. The van der Waals surface area contributed by atoms with Crippen molar-refractivity contribution in [3.8, 4) is 11.3 Å². The highest BCUT2D eigenvalue weighted by atomic mass is 32.1. The van der Waals surface area contributed by atoms with Crippen molar-refractivity contribution < 1.29 is 4.92 Å². The molecule has 7 nitrogen and oxygen atoms in total. The largest absolute Gasteiger partial charge is 0.372 e. The van der Waals surface area contributed by atoms with E-state index in [-0.39, 0.29) is 5.69 Å². The molecule has 2 aromatic carbocycles. The van der Waals surface area contributed by atoms with E-state index in [1.165, 1.54) is 29.2 Å². The fourth-order valence-corrected chi connectivity index (χ4v) is 3.43. The normalized spacial score (nSPS) is 10.9. The molecule has 1 heterocycles. The van der Waals surface area contributed by atoms with E-state index in [1.807, 2.05) is 17.5 Å². The van der Waals surface area contributed by atoms with Gasteiger partial charge in [-0.1, -0.05) is 24.3 Å². The Morgan fingerprint density at radius 3 is 2.64 bits per heavy atom. The lowest BCUT2D eigenvalue weighted by Crippen LogP contribution is -2.21. The first-order valence-corrected chi connectivity index (χ1v) is 9.83. The summed E-state index contributed by atoms with van der Waals surface area (Å²) in [6.07, 6.45) is 1.74. The molecule has 0 aliphatic heterocycles. The number of hydrogen-bond donors (Lipinski definition) is 1. The minimum Gasteiger partial charge on any atom is -0.372 e. The summed E-state index contributed by atoms with van der Waals surface area (Å²) in [5, 5.41) is 17.6. The van der Waals surface area contributed by atoms with Crippen LogP contribution in [0.1, 0.15) is 19.4 Å². The summed E-state index contributed by atoms with van der Waals surface area (Å²) in [5.41, 5.74) is 6.52. The number of thiazole rings is 1. The minimum atomic E-state index is -0.412. The van der Waals surface area contributed by atoms with Crippen molar-refractivity contribution in [2.45, 2.75) is 13.8 Å². The second-order valence-corrected chi connectivity index (χ2v) is 6.84. The van der Waals surface area contributed by atoms with Gasteiger partial charge in [-0.15, -0.1) is 11.3 Å². The zero-order chi connectivity index (χ0) is 19.9. The van der Waals surface area contributed by atoms with E-state index < -0.39 is 4.92 Å². The maximum atomic E-state index is 10.9. The van der Waals surface area contributed by atoms with Crippen LogP contribution in [-0.2, 0) is 0 Å². The van der Waals surface area contributed by atoms with Gasteiger partial charge in [0.05, 0.1) is 16.8 Å². The van der Waals surface area contributed by atoms with Crippen molar-refractivity contribution >= 4 is 34.1 Å². The van der Waals surface area contributed by atoms with Crippen LogP contribution < -0.4 is 10.3 Å². The Bertz CT molecular complexity index is 965. The number of hydrogen-bond acceptors (Lipinski definition) is 7. The molecule has 0 unspecified atom stereocenters. The first-order valence-electron chi connectivity index (χ1n) is 8.95. The van der Waals surface area contributed by atoms with Crippen LogP contribution in [0.25, 0.3) is 11.3 Å². The Morgan fingerprint density at radius 1 is 1.21 bits per heavy atom. The summed E-state index contributed by atoms with van der Waals surface area (Å²) < 4.78 is 0. The van der Waals surface area contributed by atoms with Gasteiger partial charge in [0.1, 0.15) is 0 Å². The number of rotatable bonds is 8. The van der Waals surface area contributed by atoms with E-state index in [4.69, 9.17) is 0 Å². The molecule has 1 N–H and O–H groups in total. The van der Waals surface area contributed by atoms with Crippen LogP contribution in [0.4, 0.5) is 16.5 Å². The van der Waals surface area contributed by atoms with Crippen LogP contribution in [0, 0.1) is 10.1 Å². The summed E-state index contributed by atoms with van der Waals surface area (Å²) in [6, 6.07) is 14.6. The third kappa shape index (κ3) is 4.72. The maximum Gasteiger partial charge on any atom is 0.270 e. The standard InChI is InChI=1S/C20H21N5O2S/c1-3-24(4-2)17-10-8-15(9-11-17)13-21-23-20-22-19(14-28-20)16-6-5-7-18(12-16)25(26)27/h5-14H,3-4H2,1-2H3,(H,22,23)/b21-13-. The Balaban J connectivity index is 1.64. The topological polar surface area (TPSA) is 83.7 Å². The average molecular weight is 395 g/mol. The van der Waals surface area contributed by atoms with Crippen molar-refractivity contribution in [3.05, 3.63) is 69.6 Å². The third-order valence-corrected chi connectivity index (χ3v) is 5.00. The van der Waals surface area contributed by atoms with Crippen molar-refractivity contribution in [3.63, 3.8) is 0 Å². The average Bonchev–Trinajstić information content (AvgIpc) is 3.19. The Labute approximate surface area is 167 Å². The van der Waals surface area contributed by atoms with E-state index in [9.17, 15) is 10.1 Å². The first kappa shape index (κ1) is 19.5. The fraction of sp³-hybridized carbons (Fsp3) is 0.200. The molecule has 28 heavy (non-hydrogen) atoms. The van der Waals surface area contributed by atoms with Crippen molar-refractivity contribution in [1.82, 2.24) is 4.98 Å². The molecule has 3 rings (SSSR count). The monoisotopic (exact) mass is 395 g/mol. The molecule has 0 spiro atoms. The van der Waals surface area contributed by atoms with Gasteiger partial charge in [0.15, 0.2) is 0 Å². The zero-order valence-electron chi connectivity index (χ0n) is 15.7. The van der Waals surface area contributed by atoms with Crippen molar-refractivity contribution in [1.29, 1.82) is 0 Å². The summed E-state index contributed by atoms with van der Waals surface area (Å²) in [4.78, 5) is 17.2. The van der Waals surface area contributed by atoms with E-state index in [0.29, 0.717) is 16.4 Å². The molecule has 0 aliphatic rings. The van der Waals surface area contributed by atoms with Crippen LogP contribution in [0.2, 0.25) is 0 Å². The van der Waals surface area contributed by atoms with Gasteiger partial charge in [0.2, 0.25) is 5.13 Å². The highest BCUT2D eigenvalue weighted by molar-refractivity contribution is 7.14. The lowest BCUT2D eigenvalue weighted by molar-refractivity contribution is -0.384. The lowest BCUT2D eigenvalue weighted by Gasteiger charge is -2.20.